The molecular weight excluding hydrogens is 240 g/mol. The zero-order valence-electron chi connectivity index (χ0n) is 11.2. The molecule has 1 aromatic rings. The number of carbonyl (C=O) groups is 1. The summed E-state index contributed by atoms with van der Waals surface area (Å²) in [6.45, 7) is 2.03. The van der Waals surface area contributed by atoms with Crippen LogP contribution in [0.3, 0.4) is 0 Å². The molecule has 0 aliphatic carbocycles. The molecule has 2 rings (SSSR count). The van der Waals surface area contributed by atoms with Crippen molar-refractivity contribution in [3.63, 3.8) is 0 Å². The molecule has 1 aliphatic rings. The molecule has 1 aliphatic heterocycles. The first-order valence-electron chi connectivity index (χ1n) is 6.94. The van der Waals surface area contributed by atoms with E-state index in [-0.39, 0.29) is 12.0 Å². The molecule has 0 spiro atoms. The molecule has 1 unspecified atom stereocenters. The van der Waals surface area contributed by atoms with Gasteiger partial charge in [-0.3, -0.25) is 4.79 Å². The molecule has 1 heterocycles. The van der Waals surface area contributed by atoms with Crippen LogP contribution in [0.5, 0.6) is 0 Å². The second-order valence-electron chi connectivity index (χ2n) is 4.97. The summed E-state index contributed by atoms with van der Waals surface area (Å²) in [5.74, 6) is 0.0675. The molecular formula is C15H22N2O2. The Bertz CT molecular complexity index is 397. The van der Waals surface area contributed by atoms with Gasteiger partial charge in [0.1, 0.15) is 0 Å². The Labute approximate surface area is 114 Å². The summed E-state index contributed by atoms with van der Waals surface area (Å²) in [7, 11) is 0. The Balaban J connectivity index is 1.73. The van der Waals surface area contributed by atoms with Gasteiger partial charge in [-0.25, -0.2) is 0 Å². The Kier molecular flexibility index (Phi) is 5.36. The van der Waals surface area contributed by atoms with Crippen molar-refractivity contribution in [2.24, 2.45) is 5.73 Å². The van der Waals surface area contributed by atoms with Crippen LogP contribution >= 0.6 is 0 Å². The summed E-state index contributed by atoms with van der Waals surface area (Å²) in [6, 6.07) is 8.21. The molecule has 104 valence electrons. The molecule has 1 aromatic carbocycles. The van der Waals surface area contributed by atoms with Gasteiger partial charge in [-0.05, 0) is 36.9 Å². The molecule has 19 heavy (non-hydrogen) atoms. The molecule has 4 heteroatoms. The maximum absolute atomic E-state index is 11.7. The van der Waals surface area contributed by atoms with E-state index in [1.54, 1.807) is 0 Å². The second kappa shape index (κ2) is 7.26. The first kappa shape index (κ1) is 14.0. The van der Waals surface area contributed by atoms with Gasteiger partial charge in [-0.15, -0.1) is 0 Å². The summed E-state index contributed by atoms with van der Waals surface area (Å²) in [4.78, 5) is 11.7. The third-order valence-electron chi connectivity index (χ3n) is 3.38. The van der Waals surface area contributed by atoms with Gasteiger partial charge in [-0.1, -0.05) is 24.3 Å². The van der Waals surface area contributed by atoms with Crippen molar-refractivity contribution < 1.29 is 9.53 Å². The minimum atomic E-state index is 0.0675. The topological polar surface area (TPSA) is 64.3 Å². The summed E-state index contributed by atoms with van der Waals surface area (Å²) in [6.07, 6.45) is 3.56. The van der Waals surface area contributed by atoms with Crippen molar-refractivity contribution in [2.75, 3.05) is 13.2 Å². The minimum absolute atomic E-state index is 0.0675. The molecule has 0 radical (unpaired) electrons. The van der Waals surface area contributed by atoms with Gasteiger partial charge < -0.3 is 15.8 Å². The normalized spacial score (nSPS) is 18.5. The number of nitrogens with one attached hydrogen (secondary N) is 1. The summed E-state index contributed by atoms with van der Waals surface area (Å²) < 4.78 is 5.45. The highest BCUT2D eigenvalue weighted by Gasteiger charge is 2.18. The lowest BCUT2D eigenvalue weighted by atomic mass is 10.1. The Hall–Kier alpha value is -1.39. The van der Waals surface area contributed by atoms with Gasteiger partial charge >= 0.3 is 0 Å². The maximum Gasteiger partial charge on any atom is 0.222 e. The number of benzene rings is 1. The van der Waals surface area contributed by atoms with Crippen LogP contribution in [0, 0.1) is 0 Å². The van der Waals surface area contributed by atoms with Crippen LogP contribution in [0.15, 0.2) is 24.3 Å². The zero-order chi connectivity index (χ0) is 13.5. The van der Waals surface area contributed by atoms with E-state index >= 15 is 0 Å². The van der Waals surface area contributed by atoms with Crippen LogP contribution in [0.1, 0.15) is 30.4 Å². The van der Waals surface area contributed by atoms with Crippen molar-refractivity contribution in [2.45, 2.75) is 38.3 Å². The van der Waals surface area contributed by atoms with Crippen LogP contribution in [-0.2, 0) is 22.5 Å². The molecule has 1 fully saturated rings. The molecule has 1 atom stereocenters. The third-order valence-corrected chi connectivity index (χ3v) is 3.38. The van der Waals surface area contributed by atoms with Crippen molar-refractivity contribution in [3.8, 4) is 0 Å². The fraction of sp³-hybridized carbons (Fsp3) is 0.533. The van der Waals surface area contributed by atoms with E-state index in [1.165, 1.54) is 5.56 Å². The van der Waals surface area contributed by atoms with Gasteiger partial charge in [-0.2, -0.15) is 0 Å². The number of amides is 1. The number of ether oxygens (including phenoxy) is 1. The number of hydrogen-bond donors (Lipinski definition) is 2. The predicted octanol–water partition coefficient (Wildman–Crippen LogP) is 1.37. The standard InChI is InChI=1S/C15H22N2O2/c16-8-7-12-3-5-13(6-4-12)11-17-15(18)10-14-2-1-9-19-14/h3-6,14H,1-2,7-11,16H2,(H,17,18). The highest BCUT2D eigenvalue weighted by atomic mass is 16.5. The fourth-order valence-corrected chi connectivity index (χ4v) is 2.28. The molecule has 0 aromatic heterocycles. The van der Waals surface area contributed by atoms with Crippen LogP contribution in [-0.4, -0.2) is 25.2 Å². The van der Waals surface area contributed by atoms with Gasteiger partial charge in [0.25, 0.3) is 0 Å². The van der Waals surface area contributed by atoms with Crippen molar-refractivity contribution >= 4 is 5.91 Å². The van der Waals surface area contributed by atoms with E-state index in [2.05, 4.69) is 17.4 Å². The largest absolute Gasteiger partial charge is 0.378 e. The number of carbonyl (C=O) groups excluding carboxylic acids is 1. The van der Waals surface area contributed by atoms with Crippen molar-refractivity contribution in [3.05, 3.63) is 35.4 Å². The summed E-state index contributed by atoms with van der Waals surface area (Å²) >= 11 is 0. The molecule has 1 amide bonds. The first-order chi connectivity index (χ1) is 9.28. The monoisotopic (exact) mass is 262 g/mol. The number of nitrogens with two attached hydrogens (primary N) is 1. The smallest absolute Gasteiger partial charge is 0.222 e. The van der Waals surface area contributed by atoms with E-state index in [0.717, 1.165) is 31.4 Å². The van der Waals surface area contributed by atoms with Crippen LogP contribution in [0.4, 0.5) is 0 Å². The lowest BCUT2D eigenvalue weighted by Gasteiger charge is -2.10. The van der Waals surface area contributed by atoms with E-state index in [9.17, 15) is 4.79 Å². The Morgan fingerprint density at radius 3 is 2.68 bits per heavy atom. The molecule has 0 saturated carbocycles. The minimum Gasteiger partial charge on any atom is -0.378 e. The summed E-state index contributed by atoms with van der Waals surface area (Å²) in [5, 5.41) is 2.93. The van der Waals surface area contributed by atoms with Crippen LogP contribution < -0.4 is 11.1 Å². The highest BCUT2D eigenvalue weighted by molar-refractivity contribution is 5.76. The van der Waals surface area contributed by atoms with E-state index < -0.39 is 0 Å². The van der Waals surface area contributed by atoms with E-state index in [0.29, 0.717) is 19.5 Å². The lowest BCUT2D eigenvalue weighted by molar-refractivity contribution is -0.123. The van der Waals surface area contributed by atoms with E-state index in [4.69, 9.17) is 10.5 Å². The zero-order valence-corrected chi connectivity index (χ0v) is 11.2. The predicted molar refractivity (Wildman–Crippen MR) is 74.6 cm³/mol. The van der Waals surface area contributed by atoms with Crippen LogP contribution in [0.2, 0.25) is 0 Å². The van der Waals surface area contributed by atoms with Gasteiger partial charge in [0.15, 0.2) is 0 Å². The second-order valence-corrected chi connectivity index (χ2v) is 4.97. The van der Waals surface area contributed by atoms with Gasteiger partial charge in [0, 0.05) is 13.2 Å². The van der Waals surface area contributed by atoms with Gasteiger partial charge in [0.2, 0.25) is 5.91 Å². The maximum atomic E-state index is 11.7. The van der Waals surface area contributed by atoms with Crippen molar-refractivity contribution in [1.82, 2.24) is 5.32 Å². The molecule has 1 saturated heterocycles. The molecule has 3 N–H and O–H groups in total. The fourth-order valence-electron chi connectivity index (χ4n) is 2.28. The Morgan fingerprint density at radius 2 is 2.05 bits per heavy atom. The van der Waals surface area contributed by atoms with Crippen LogP contribution in [0.25, 0.3) is 0 Å². The average Bonchev–Trinajstić information content (AvgIpc) is 2.91. The van der Waals surface area contributed by atoms with E-state index in [1.807, 2.05) is 12.1 Å². The Morgan fingerprint density at radius 1 is 1.32 bits per heavy atom. The van der Waals surface area contributed by atoms with Crippen molar-refractivity contribution in [1.29, 1.82) is 0 Å². The number of hydrogen-bond acceptors (Lipinski definition) is 3. The SMILES string of the molecule is NCCc1ccc(CNC(=O)CC2CCCO2)cc1. The molecule has 4 nitrogen and oxygen atoms in total. The van der Waals surface area contributed by atoms with Gasteiger partial charge in [0.05, 0.1) is 12.5 Å². The lowest BCUT2D eigenvalue weighted by Crippen LogP contribution is -2.26. The highest BCUT2D eigenvalue weighted by Crippen LogP contribution is 2.15. The summed E-state index contributed by atoms with van der Waals surface area (Å²) in [5.41, 5.74) is 7.85. The average molecular weight is 262 g/mol. The quantitative estimate of drug-likeness (QED) is 0.814. The number of rotatable bonds is 6. The first-order valence-corrected chi connectivity index (χ1v) is 6.94. The molecule has 0 bridgehead atoms. The third kappa shape index (κ3) is 4.65.